The topological polar surface area (TPSA) is 98.1 Å². The van der Waals surface area contributed by atoms with Gasteiger partial charge >= 0.3 is 0 Å². The molecule has 0 fully saturated rings. The molecule has 0 radical (unpaired) electrons. The highest BCUT2D eigenvalue weighted by Crippen LogP contribution is 2.19. The molecule has 0 spiro atoms. The molecule has 1 aromatic heterocycles. The summed E-state index contributed by atoms with van der Waals surface area (Å²) in [5.74, 6) is 1.26. The Bertz CT molecular complexity index is 1060. The first-order chi connectivity index (χ1) is 16.0. The Kier molecular flexibility index (Phi) is 8.88. The number of methoxy groups -OCH3 is 1. The van der Waals surface area contributed by atoms with E-state index in [0.717, 1.165) is 30.6 Å². The van der Waals surface area contributed by atoms with Crippen molar-refractivity contribution in [2.75, 3.05) is 18.2 Å². The van der Waals surface area contributed by atoms with Crippen LogP contribution in [0.1, 0.15) is 41.5 Å². The summed E-state index contributed by atoms with van der Waals surface area (Å²) in [7, 11) is 1.58. The molecule has 0 atom stereocenters. The summed E-state index contributed by atoms with van der Waals surface area (Å²) < 4.78 is 7.10. The summed E-state index contributed by atoms with van der Waals surface area (Å²) in [6, 6.07) is 14.6. The van der Waals surface area contributed by atoms with Crippen LogP contribution in [0.25, 0.3) is 0 Å². The second-order valence-corrected chi connectivity index (χ2v) is 8.46. The first kappa shape index (κ1) is 24.3. The molecule has 8 nitrogen and oxygen atoms in total. The third-order valence-electron chi connectivity index (χ3n) is 4.96. The van der Waals surface area contributed by atoms with E-state index >= 15 is 0 Å². The molecular formula is C24H29N5O3S. The van der Waals surface area contributed by atoms with Crippen molar-refractivity contribution in [2.24, 2.45) is 0 Å². The largest absolute Gasteiger partial charge is 0.497 e. The molecule has 3 rings (SSSR count). The van der Waals surface area contributed by atoms with Crippen LogP contribution in [0.2, 0.25) is 0 Å². The lowest BCUT2D eigenvalue weighted by Crippen LogP contribution is -2.25. The minimum absolute atomic E-state index is 0.108. The maximum Gasteiger partial charge on any atom is 0.251 e. The Labute approximate surface area is 198 Å². The summed E-state index contributed by atoms with van der Waals surface area (Å²) in [6.07, 6.45) is 1.95. The van der Waals surface area contributed by atoms with E-state index in [-0.39, 0.29) is 24.1 Å². The Morgan fingerprint density at radius 3 is 2.45 bits per heavy atom. The summed E-state index contributed by atoms with van der Waals surface area (Å²) in [6.45, 7) is 5.08. The fourth-order valence-corrected chi connectivity index (χ4v) is 3.85. The number of thioether (sulfide) groups is 1. The Balaban J connectivity index is 1.60. The number of carbonyl (C=O) groups is 2. The average molecular weight is 468 g/mol. The third-order valence-corrected chi connectivity index (χ3v) is 5.92. The molecule has 2 amide bonds. The number of unbranched alkanes of at least 4 members (excludes halogenated alkanes) is 1. The van der Waals surface area contributed by atoms with Crippen LogP contribution in [0.4, 0.5) is 5.69 Å². The molecule has 0 aliphatic heterocycles. The molecule has 0 saturated heterocycles. The first-order valence-electron chi connectivity index (χ1n) is 10.8. The van der Waals surface area contributed by atoms with Crippen molar-refractivity contribution in [2.45, 2.75) is 44.9 Å². The van der Waals surface area contributed by atoms with Crippen LogP contribution in [-0.2, 0) is 17.9 Å². The number of anilines is 1. The fourth-order valence-electron chi connectivity index (χ4n) is 3.07. The minimum atomic E-state index is -0.200. The average Bonchev–Trinajstić information content (AvgIpc) is 3.22. The van der Waals surface area contributed by atoms with Crippen LogP contribution < -0.4 is 15.4 Å². The van der Waals surface area contributed by atoms with Crippen LogP contribution in [0.3, 0.4) is 0 Å². The molecule has 174 valence electrons. The summed E-state index contributed by atoms with van der Waals surface area (Å²) >= 11 is 1.33. The van der Waals surface area contributed by atoms with E-state index in [1.165, 1.54) is 11.8 Å². The van der Waals surface area contributed by atoms with Crippen molar-refractivity contribution >= 4 is 29.3 Å². The summed E-state index contributed by atoms with van der Waals surface area (Å²) in [5, 5.41) is 15.0. The van der Waals surface area contributed by atoms with Crippen LogP contribution in [0.15, 0.2) is 53.7 Å². The lowest BCUT2D eigenvalue weighted by Gasteiger charge is -2.11. The van der Waals surface area contributed by atoms with Gasteiger partial charge in [0, 0.05) is 17.8 Å². The number of rotatable bonds is 11. The van der Waals surface area contributed by atoms with E-state index in [2.05, 4.69) is 27.8 Å². The molecule has 0 unspecified atom stereocenters. The van der Waals surface area contributed by atoms with Crippen molar-refractivity contribution in [3.05, 3.63) is 65.5 Å². The molecular weight excluding hydrogens is 438 g/mol. The molecule has 0 aliphatic carbocycles. The summed E-state index contributed by atoms with van der Waals surface area (Å²) in [5.41, 5.74) is 2.44. The molecule has 1 heterocycles. The molecule has 0 aliphatic rings. The maximum atomic E-state index is 12.5. The Morgan fingerprint density at radius 1 is 1.06 bits per heavy atom. The minimum Gasteiger partial charge on any atom is -0.497 e. The third kappa shape index (κ3) is 7.08. The zero-order valence-corrected chi connectivity index (χ0v) is 19.9. The quantitative estimate of drug-likeness (QED) is 0.413. The Hall–Kier alpha value is -3.33. The second kappa shape index (κ2) is 12.1. The smallest absolute Gasteiger partial charge is 0.251 e. The number of hydrogen-bond acceptors (Lipinski definition) is 6. The van der Waals surface area contributed by atoms with Crippen molar-refractivity contribution < 1.29 is 14.3 Å². The predicted octanol–water partition coefficient (Wildman–Crippen LogP) is 4.06. The number of aromatic nitrogens is 3. The van der Waals surface area contributed by atoms with E-state index in [4.69, 9.17) is 4.74 Å². The number of ether oxygens (including phenoxy) is 1. The lowest BCUT2D eigenvalue weighted by atomic mass is 10.2. The van der Waals surface area contributed by atoms with Crippen LogP contribution in [0.5, 0.6) is 5.75 Å². The van der Waals surface area contributed by atoms with E-state index < -0.39 is 0 Å². The maximum absolute atomic E-state index is 12.5. The molecule has 3 aromatic rings. The number of amides is 2. The van der Waals surface area contributed by atoms with Gasteiger partial charge in [-0.15, -0.1) is 10.2 Å². The highest BCUT2D eigenvalue weighted by molar-refractivity contribution is 7.99. The number of nitrogens with zero attached hydrogens (tertiary/aromatic N) is 3. The first-order valence-corrected chi connectivity index (χ1v) is 11.8. The van der Waals surface area contributed by atoms with Gasteiger partial charge < -0.3 is 19.9 Å². The fraction of sp³-hybridized carbons (Fsp3) is 0.333. The normalized spacial score (nSPS) is 10.6. The number of hydrogen-bond donors (Lipinski definition) is 2. The van der Waals surface area contributed by atoms with Crippen molar-refractivity contribution in [3.8, 4) is 5.75 Å². The van der Waals surface area contributed by atoms with E-state index in [9.17, 15) is 9.59 Å². The zero-order valence-electron chi connectivity index (χ0n) is 19.1. The Morgan fingerprint density at radius 2 is 1.79 bits per heavy atom. The van der Waals surface area contributed by atoms with Gasteiger partial charge in [0.1, 0.15) is 5.75 Å². The van der Waals surface area contributed by atoms with Gasteiger partial charge in [0.2, 0.25) is 5.91 Å². The van der Waals surface area contributed by atoms with Gasteiger partial charge in [0.15, 0.2) is 11.0 Å². The standard InChI is InChI=1S/C24H29N5O3S/c1-4-5-14-29-21(15-25-23(31)18-8-12-20(32-3)13-9-18)27-28-24(29)33-16-22(30)26-19-10-6-17(2)7-11-19/h6-13H,4-5,14-16H2,1-3H3,(H,25,31)(H,26,30). The van der Waals surface area contributed by atoms with Gasteiger partial charge in [-0.2, -0.15) is 0 Å². The SMILES string of the molecule is CCCCn1c(CNC(=O)c2ccc(OC)cc2)nnc1SCC(=O)Nc1ccc(C)cc1. The van der Waals surface area contributed by atoms with Gasteiger partial charge in [0.05, 0.1) is 19.4 Å². The van der Waals surface area contributed by atoms with Crippen molar-refractivity contribution in [1.29, 1.82) is 0 Å². The molecule has 0 saturated carbocycles. The number of benzene rings is 2. The number of nitrogens with one attached hydrogen (secondary N) is 2. The summed E-state index contributed by atoms with van der Waals surface area (Å²) in [4.78, 5) is 24.9. The zero-order chi connectivity index (χ0) is 23.6. The van der Waals surface area contributed by atoms with E-state index in [1.807, 2.05) is 35.8 Å². The molecule has 9 heteroatoms. The van der Waals surface area contributed by atoms with Crippen LogP contribution in [0, 0.1) is 6.92 Å². The lowest BCUT2D eigenvalue weighted by molar-refractivity contribution is -0.113. The van der Waals surface area contributed by atoms with Gasteiger partial charge in [-0.25, -0.2) is 0 Å². The predicted molar refractivity (Wildman–Crippen MR) is 130 cm³/mol. The molecule has 0 bridgehead atoms. The van der Waals surface area contributed by atoms with E-state index in [1.54, 1.807) is 31.4 Å². The van der Waals surface area contributed by atoms with Gasteiger partial charge in [-0.3, -0.25) is 9.59 Å². The molecule has 2 N–H and O–H groups in total. The van der Waals surface area contributed by atoms with Crippen LogP contribution in [-0.4, -0.2) is 39.4 Å². The highest BCUT2D eigenvalue weighted by atomic mass is 32.2. The monoisotopic (exact) mass is 467 g/mol. The van der Waals surface area contributed by atoms with Crippen molar-refractivity contribution in [3.63, 3.8) is 0 Å². The highest BCUT2D eigenvalue weighted by Gasteiger charge is 2.15. The second-order valence-electron chi connectivity index (χ2n) is 7.52. The van der Waals surface area contributed by atoms with Gasteiger partial charge in [0.25, 0.3) is 5.91 Å². The number of aryl methyl sites for hydroxylation is 1. The van der Waals surface area contributed by atoms with Gasteiger partial charge in [-0.1, -0.05) is 42.8 Å². The molecule has 2 aromatic carbocycles. The molecule has 33 heavy (non-hydrogen) atoms. The van der Waals surface area contributed by atoms with Crippen molar-refractivity contribution in [1.82, 2.24) is 20.1 Å². The van der Waals surface area contributed by atoms with E-state index in [0.29, 0.717) is 22.3 Å². The van der Waals surface area contributed by atoms with Crippen LogP contribution >= 0.6 is 11.8 Å². The van der Waals surface area contributed by atoms with Gasteiger partial charge in [-0.05, 0) is 49.7 Å². The number of carbonyl (C=O) groups excluding carboxylic acids is 2.